The van der Waals surface area contributed by atoms with Gasteiger partial charge in [0.1, 0.15) is 23.8 Å². The molecule has 4 aromatic rings. The Hall–Kier alpha value is -3.53. The molecule has 1 saturated carbocycles. The maximum atomic E-state index is 14.1. The first kappa shape index (κ1) is 29.2. The van der Waals surface area contributed by atoms with Crippen molar-refractivity contribution in [2.24, 2.45) is 13.0 Å². The molecule has 1 atom stereocenters. The lowest BCUT2D eigenvalue weighted by Crippen LogP contribution is -2.44. The van der Waals surface area contributed by atoms with Gasteiger partial charge in [-0.3, -0.25) is 9.69 Å². The summed E-state index contributed by atoms with van der Waals surface area (Å²) >= 11 is 5.86. The van der Waals surface area contributed by atoms with Gasteiger partial charge in [-0.1, -0.05) is 23.7 Å². The molecule has 1 amide bonds. The average molecular weight is 618 g/mol. The topological polar surface area (TPSA) is 81.5 Å². The Morgan fingerprint density at radius 1 is 1.11 bits per heavy atom. The van der Waals surface area contributed by atoms with Crippen LogP contribution < -0.4 is 10.1 Å². The Kier molecular flexibility index (Phi) is 8.03. The Balaban J connectivity index is 0.957. The summed E-state index contributed by atoms with van der Waals surface area (Å²) in [7, 11) is 2.05. The number of rotatable bonds is 9. The van der Waals surface area contributed by atoms with Crippen molar-refractivity contribution in [2.45, 2.75) is 63.2 Å². The van der Waals surface area contributed by atoms with E-state index < -0.39 is 5.60 Å². The standard InChI is InChI=1S/C34H37ClFN5O3/c1-40-30-11-10-26(37-33(42)34(24-7-8-24)14-3-17-44-34)19-29(30)38-31(40)20-41-15-12-22(13-16-41)28-4-2-5-32(39-28)43-21-23-6-9-25(35)18-27(23)36/h2,4-6,9-11,18-19,22,24H,3,7-8,12-17,20-21H2,1H3,(H,37,42). The Labute approximate surface area is 261 Å². The van der Waals surface area contributed by atoms with Crippen LogP contribution in [0.15, 0.2) is 54.6 Å². The molecule has 3 fully saturated rings. The van der Waals surface area contributed by atoms with Gasteiger partial charge in [0.2, 0.25) is 5.88 Å². The molecule has 1 unspecified atom stereocenters. The van der Waals surface area contributed by atoms with Crippen molar-refractivity contribution in [1.82, 2.24) is 19.4 Å². The molecule has 4 heterocycles. The molecule has 2 aliphatic heterocycles. The summed E-state index contributed by atoms with van der Waals surface area (Å²) in [6.07, 6.45) is 5.84. The predicted molar refractivity (Wildman–Crippen MR) is 167 cm³/mol. The molecule has 2 aromatic heterocycles. The smallest absolute Gasteiger partial charge is 0.256 e. The van der Waals surface area contributed by atoms with E-state index in [0.29, 0.717) is 34.9 Å². The monoisotopic (exact) mass is 617 g/mol. The van der Waals surface area contributed by atoms with Gasteiger partial charge in [0, 0.05) is 47.6 Å². The zero-order valence-corrected chi connectivity index (χ0v) is 25.7. The molecule has 8 nitrogen and oxygen atoms in total. The summed E-state index contributed by atoms with van der Waals surface area (Å²) in [4.78, 5) is 25.4. The van der Waals surface area contributed by atoms with Crippen molar-refractivity contribution < 1.29 is 18.7 Å². The number of benzene rings is 2. The number of imidazole rings is 1. The molecule has 1 N–H and O–H groups in total. The van der Waals surface area contributed by atoms with Crippen LogP contribution in [-0.2, 0) is 29.7 Å². The SMILES string of the molecule is Cn1c(CN2CCC(c3cccc(OCc4ccc(Cl)cc4F)n3)CC2)nc2cc(NC(=O)C3(C4CC4)CCCO3)ccc21. The summed E-state index contributed by atoms with van der Waals surface area (Å²) in [5.74, 6) is 1.77. The molecule has 10 heteroatoms. The van der Waals surface area contributed by atoms with Crippen LogP contribution in [-0.4, -0.2) is 50.6 Å². The number of amides is 1. The molecule has 44 heavy (non-hydrogen) atoms. The van der Waals surface area contributed by atoms with Crippen LogP contribution in [0, 0.1) is 11.7 Å². The van der Waals surface area contributed by atoms with Crippen molar-refractivity contribution >= 4 is 34.2 Å². The lowest BCUT2D eigenvalue weighted by Gasteiger charge is -2.31. The minimum atomic E-state index is -0.656. The number of halogens is 2. The van der Waals surface area contributed by atoms with E-state index >= 15 is 0 Å². The van der Waals surface area contributed by atoms with Crippen LogP contribution in [0.25, 0.3) is 11.0 Å². The first-order valence-electron chi connectivity index (χ1n) is 15.5. The van der Waals surface area contributed by atoms with Gasteiger partial charge in [-0.25, -0.2) is 14.4 Å². The summed E-state index contributed by atoms with van der Waals surface area (Å²) < 4.78 is 28.1. The van der Waals surface area contributed by atoms with E-state index in [1.165, 1.54) is 6.07 Å². The molecule has 0 radical (unpaired) electrons. The van der Waals surface area contributed by atoms with Crippen LogP contribution in [0.2, 0.25) is 5.02 Å². The van der Waals surface area contributed by atoms with E-state index in [0.717, 1.165) is 86.4 Å². The number of nitrogens with zero attached hydrogens (tertiary/aromatic N) is 4. The van der Waals surface area contributed by atoms with E-state index in [4.69, 9.17) is 31.0 Å². The molecule has 7 rings (SSSR count). The minimum Gasteiger partial charge on any atom is -0.473 e. The molecule has 0 spiro atoms. The first-order valence-corrected chi connectivity index (χ1v) is 15.9. The fourth-order valence-electron chi connectivity index (χ4n) is 6.72. The largest absolute Gasteiger partial charge is 0.473 e. The maximum Gasteiger partial charge on any atom is 0.256 e. The number of fused-ring (bicyclic) bond motifs is 1. The van der Waals surface area contributed by atoms with Gasteiger partial charge in [0.25, 0.3) is 5.91 Å². The van der Waals surface area contributed by atoms with Crippen LogP contribution in [0.4, 0.5) is 10.1 Å². The second kappa shape index (κ2) is 12.1. The Bertz CT molecular complexity index is 1670. The van der Waals surface area contributed by atoms with Gasteiger partial charge in [0.15, 0.2) is 0 Å². The van der Waals surface area contributed by atoms with Gasteiger partial charge in [-0.15, -0.1) is 0 Å². The number of piperidine rings is 1. The maximum absolute atomic E-state index is 14.1. The van der Waals surface area contributed by atoms with Gasteiger partial charge in [-0.2, -0.15) is 0 Å². The minimum absolute atomic E-state index is 0.0158. The third-order valence-corrected chi connectivity index (χ3v) is 9.65. The number of hydrogen-bond donors (Lipinski definition) is 1. The summed E-state index contributed by atoms with van der Waals surface area (Å²) in [5, 5.41) is 3.49. The van der Waals surface area contributed by atoms with Crippen molar-refractivity contribution in [2.75, 3.05) is 25.0 Å². The van der Waals surface area contributed by atoms with Gasteiger partial charge in [-0.05, 0) is 93.9 Å². The van der Waals surface area contributed by atoms with E-state index in [2.05, 4.69) is 21.8 Å². The van der Waals surface area contributed by atoms with E-state index in [1.54, 1.807) is 12.1 Å². The number of carbonyl (C=O) groups is 1. The van der Waals surface area contributed by atoms with Gasteiger partial charge < -0.3 is 19.4 Å². The average Bonchev–Trinajstić information content (AvgIpc) is 3.68. The zero-order chi connectivity index (χ0) is 30.3. The fourth-order valence-corrected chi connectivity index (χ4v) is 6.88. The number of pyridine rings is 1. The van der Waals surface area contributed by atoms with Crippen molar-refractivity contribution in [3.05, 3.63) is 82.5 Å². The van der Waals surface area contributed by atoms with Gasteiger partial charge >= 0.3 is 0 Å². The number of nitrogens with one attached hydrogen (secondary N) is 1. The van der Waals surface area contributed by atoms with Crippen LogP contribution in [0.1, 0.15) is 61.5 Å². The fraction of sp³-hybridized carbons (Fsp3) is 0.441. The number of likely N-dealkylation sites (tertiary alicyclic amines) is 1. The molecular formula is C34H37ClFN5O3. The molecule has 1 aliphatic carbocycles. The third-order valence-electron chi connectivity index (χ3n) is 9.41. The van der Waals surface area contributed by atoms with Crippen molar-refractivity contribution in [3.8, 4) is 5.88 Å². The normalized spacial score (nSPS) is 21.2. The second-order valence-corrected chi connectivity index (χ2v) is 12.8. The van der Waals surface area contributed by atoms with Crippen LogP contribution in [0.5, 0.6) is 5.88 Å². The Morgan fingerprint density at radius 2 is 1.95 bits per heavy atom. The second-order valence-electron chi connectivity index (χ2n) is 12.3. The van der Waals surface area contributed by atoms with Crippen molar-refractivity contribution in [1.29, 1.82) is 0 Å². The highest BCUT2D eigenvalue weighted by atomic mass is 35.5. The summed E-state index contributed by atoms with van der Waals surface area (Å²) in [6.45, 7) is 3.37. The third kappa shape index (κ3) is 5.93. The number of aromatic nitrogens is 3. The Morgan fingerprint density at radius 3 is 2.70 bits per heavy atom. The van der Waals surface area contributed by atoms with E-state index in [-0.39, 0.29) is 18.3 Å². The molecule has 3 aliphatic rings. The van der Waals surface area contributed by atoms with Crippen LogP contribution in [0.3, 0.4) is 0 Å². The summed E-state index contributed by atoms with van der Waals surface area (Å²) in [6, 6.07) is 16.4. The highest BCUT2D eigenvalue weighted by Gasteiger charge is 2.53. The molecule has 2 aromatic carbocycles. The quantitative estimate of drug-likeness (QED) is 0.227. The number of carbonyl (C=O) groups excluding carboxylic acids is 1. The lowest BCUT2D eigenvalue weighted by atomic mass is 9.93. The highest BCUT2D eigenvalue weighted by Crippen LogP contribution is 2.47. The summed E-state index contributed by atoms with van der Waals surface area (Å²) in [5.41, 5.74) is 3.47. The number of anilines is 1. The molecule has 230 valence electrons. The van der Waals surface area contributed by atoms with E-state index in [9.17, 15) is 9.18 Å². The molecular weight excluding hydrogens is 581 g/mol. The highest BCUT2D eigenvalue weighted by molar-refractivity contribution is 6.30. The number of ether oxygens (including phenoxy) is 2. The predicted octanol–water partition coefficient (Wildman–Crippen LogP) is 6.62. The van der Waals surface area contributed by atoms with Crippen LogP contribution >= 0.6 is 11.6 Å². The molecule has 0 bridgehead atoms. The number of aryl methyl sites for hydroxylation is 1. The number of hydrogen-bond acceptors (Lipinski definition) is 6. The zero-order valence-electron chi connectivity index (χ0n) is 24.9. The lowest BCUT2D eigenvalue weighted by molar-refractivity contribution is -0.138. The van der Waals surface area contributed by atoms with E-state index in [1.807, 2.05) is 36.4 Å². The van der Waals surface area contributed by atoms with Gasteiger partial charge in [0.05, 0.1) is 17.6 Å². The first-order chi connectivity index (χ1) is 21.4. The molecule has 2 saturated heterocycles. The van der Waals surface area contributed by atoms with Crippen molar-refractivity contribution in [3.63, 3.8) is 0 Å².